The Kier molecular flexibility index (Phi) is 6.63. The predicted octanol–water partition coefficient (Wildman–Crippen LogP) is 4.12. The summed E-state index contributed by atoms with van der Waals surface area (Å²) in [4.78, 5) is 41.2. The zero-order valence-corrected chi connectivity index (χ0v) is 19.0. The molecule has 0 spiro atoms. The lowest BCUT2D eigenvalue weighted by Crippen LogP contribution is -2.39. The number of benzene rings is 1. The molecule has 170 valence electrons. The largest absolute Gasteiger partial charge is 0.495 e. The molecule has 1 unspecified atom stereocenters. The molecule has 1 atom stereocenters. The van der Waals surface area contributed by atoms with Crippen LogP contribution in [-0.2, 0) is 0 Å². The van der Waals surface area contributed by atoms with Gasteiger partial charge in [0, 0.05) is 24.6 Å². The number of nitrogens with zero attached hydrogens (tertiary/aromatic N) is 4. The maximum Gasteiger partial charge on any atom is 0.259 e. The van der Waals surface area contributed by atoms with E-state index < -0.39 is 0 Å². The van der Waals surface area contributed by atoms with E-state index >= 15 is 0 Å². The fourth-order valence-corrected chi connectivity index (χ4v) is 4.01. The van der Waals surface area contributed by atoms with Crippen LogP contribution in [0.5, 0.6) is 5.75 Å². The van der Waals surface area contributed by atoms with Gasteiger partial charge < -0.3 is 15.0 Å². The van der Waals surface area contributed by atoms with Gasteiger partial charge in [-0.05, 0) is 57.4 Å². The number of likely N-dealkylation sites (tertiary alicyclic amines) is 1. The highest BCUT2D eigenvalue weighted by molar-refractivity contribution is 6.05. The lowest BCUT2D eigenvalue weighted by molar-refractivity contribution is 0.0598. The molecule has 0 bridgehead atoms. The van der Waals surface area contributed by atoms with Gasteiger partial charge in [0.15, 0.2) is 5.82 Å². The number of carbonyl (C=O) groups is 2. The van der Waals surface area contributed by atoms with Crippen molar-refractivity contribution < 1.29 is 14.3 Å². The molecule has 2 amide bonds. The molecule has 1 aromatic carbocycles. The van der Waals surface area contributed by atoms with Crippen molar-refractivity contribution in [1.82, 2.24) is 19.9 Å². The van der Waals surface area contributed by atoms with Gasteiger partial charge in [0.1, 0.15) is 5.75 Å². The highest BCUT2D eigenvalue weighted by Crippen LogP contribution is 2.31. The van der Waals surface area contributed by atoms with Crippen LogP contribution in [0.3, 0.4) is 0 Å². The van der Waals surface area contributed by atoms with Gasteiger partial charge in [-0.3, -0.25) is 14.6 Å². The van der Waals surface area contributed by atoms with Crippen LogP contribution in [0.1, 0.15) is 63.2 Å². The number of aromatic nitrogens is 3. The minimum Gasteiger partial charge on any atom is -0.495 e. The van der Waals surface area contributed by atoms with Crippen molar-refractivity contribution >= 4 is 17.5 Å². The van der Waals surface area contributed by atoms with Crippen LogP contribution >= 0.6 is 0 Å². The molecule has 3 heterocycles. The summed E-state index contributed by atoms with van der Waals surface area (Å²) in [5.74, 6) is 0.731. The van der Waals surface area contributed by atoms with Crippen molar-refractivity contribution in [2.24, 2.45) is 0 Å². The van der Waals surface area contributed by atoms with Gasteiger partial charge in [-0.25, -0.2) is 9.97 Å². The number of amides is 2. The van der Waals surface area contributed by atoms with Gasteiger partial charge in [0.2, 0.25) is 0 Å². The van der Waals surface area contributed by atoms with Crippen LogP contribution in [-0.4, -0.2) is 45.3 Å². The Morgan fingerprint density at radius 1 is 1.06 bits per heavy atom. The third kappa shape index (κ3) is 4.84. The predicted molar refractivity (Wildman–Crippen MR) is 124 cm³/mol. The lowest BCUT2D eigenvalue weighted by atomic mass is 10.00. The molecular formula is C25H27N5O3. The number of hydrogen-bond donors (Lipinski definition) is 1. The first-order valence-corrected chi connectivity index (χ1v) is 11.0. The van der Waals surface area contributed by atoms with E-state index in [1.54, 1.807) is 38.4 Å². The van der Waals surface area contributed by atoms with Gasteiger partial charge in [-0.2, -0.15) is 0 Å². The highest BCUT2D eigenvalue weighted by Gasteiger charge is 2.31. The van der Waals surface area contributed by atoms with Gasteiger partial charge in [0.05, 0.1) is 35.7 Å². The van der Waals surface area contributed by atoms with Crippen molar-refractivity contribution in [1.29, 1.82) is 0 Å². The SMILES string of the molecule is COc1ccccc1NC(=O)c1cnc(C2CCCCN2C(=O)c2ccc(C)nc2)nc1C. The molecule has 1 aliphatic heterocycles. The Morgan fingerprint density at radius 3 is 2.61 bits per heavy atom. The third-order valence-corrected chi connectivity index (χ3v) is 5.82. The van der Waals surface area contributed by atoms with Gasteiger partial charge in [-0.15, -0.1) is 0 Å². The maximum atomic E-state index is 13.2. The molecule has 8 nitrogen and oxygen atoms in total. The molecule has 8 heteroatoms. The van der Waals surface area contributed by atoms with Crippen LogP contribution in [0.2, 0.25) is 0 Å². The topological polar surface area (TPSA) is 97.3 Å². The molecule has 33 heavy (non-hydrogen) atoms. The number of rotatable bonds is 5. The van der Waals surface area contributed by atoms with E-state index in [-0.39, 0.29) is 17.9 Å². The first kappa shape index (κ1) is 22.4. The fraction of sp³-hybridized carbons (Fsp3) is 0.320. The standard InChI is InChI=1S/C25H27N5O3/c1-16-11-12-18(14-26-16)25(32)30-13-7-6-9-21(30)23-27-15-19(17(2)28-23)24(31)29-20-8-4-5-10-22(20)33-3/h4-5,8,10-12,14-15,21H,6-7,9,13H2,1-3H3,(H,29,31). The van der Waals surface area contributed by atoms with Crippen LogP contribution in [0, 0.1) is 13.8 Å². The number of carbonyl (C=O) groups excluding carboxylic acids is 2. The molecular weight excluding hydrogens is 418 g/mol. The Balaban J connectivity index is 1.56. The van der Waals surface area contributed by atoms with Crippen LogP contribution in [0.4, 0.5) is 5.69 Å². The number of para-hydroxylation sites is 2. The Bertz CT molecular complexity index is 1160. The molecule has 1 aliphatic rings. The second-order valence-electron chi connectivity index (χ2n) is 8.08. The number of aryl methyl sites for hydroxylation is 2. The van der Waals surface area contributed by atoms with Crippen LogP contribution < -0.4 is 10.1 Å². The van der Waals surface area contributed by atoms with E-state index in [0.717, 1.165) is 25.0 Å². The fourth-order valence-electron chi connectivity index (χ4n) is 4.01. The first-order chi connectivity index (χ1) is 16.0. The number of anilines is 1. The average molecular weight is 446 g/mol. The number of methoxy groups -OCH3 is 1. The van der Waals surface area contributed by atoms with E-state index in [9.17, 15) is 9.59 Å². The van der Waals surface area contributed by atoms with Gasteiger partial charge in [0.25, 0.3) is 11.8 Å². The first-order valence-electron chi connectivity index (χ1n) is 11.0. The molecule has 0 radical (unpaired) electrons. The monoisotopic (exact) mass is 445 g/mol. The number of piperidine rings is 1. The zero-order chi connectivity index (χ0) is 23.4. The van der Waals surface area contributed by atoms with Crippen molar-refractivity contribution in [3.8, 4) is 5.75 Å². The van der Waals surface area contributed by atoms with Crippen molar-refractivity contribution in [2.45, 2.75) is 39.2 Å². The average Bonchev–Trinajstić information content (AvgIpc) is 2.84. The molecule has 2 aromatic heterocycles. The summed E-state index contributed by atoms with van der Waals surface area (Å²) in [5, 5.41) is 2.86. The molecule has 1 N–H and O–H groups in total. The lowest BCUT2D eigenvalue weighted by Gasteiger charge is -2.35. The molecule has 0 saturated carbocycles. The molecule has 1 fully saturated rings. The second kappa shape index (κ2) is 9.77. The number of hydrogen-bond acceptors (Lipinski definition) is 6. The van der Waals surface area contributed by atoms with Crippen LogP contribution in [0.15, 0.2) is 48.8 Å². The normalized spacial score (nSPS) is 15.7. The maximum absolute atomic E-state index is 13.2. The Morgan fingerprint density at radius 2 is 1.88 bits per heavy atom. The minimum absolute atomic E-state index is 0.0774. The summed E-state index contributed by atoms with van der Waals surface area (Å²) in [7, 11) is 1.55. The van der Waals surface area contributed by atoms with Crippen molar-refractivity contribution in [3.05, 3.63) is 77.1 Å². The van der Waals surface area contributed by atoms with Gasteiger partial charge >= 0.3 is 0 Å². The summed E-state index contributed by atoms with van der Waals surface area (Å²) in [6.07, 6.45) is 5.84. The van der Waals surface area contributed by atoms with Crippen molar-refractivity contribution in [2.75, 3.05) is 19.0 Å². The summed E-state index contributed by atoms with van der Waals surface area (Å²) in [6, 6.07) is 10.6. The van der Waals surface area contributed by atoms with Crippen molar-refractivity contribution in [3.63, 3.8) is 0 Å². The number of ether oxygens (including phenoxy) is 1. The van der Waals surface area contributed by atoms with Crippen LogP contribution in [0.25, 0.3) is 0 Å². The third-order valence-electron chi connectivity index (χ3n) is 5.82. The molecule has 4 rings (SSSR count). The second-order valence-corrected chi connectivity index (χ2v) is 8.08. The number of nitrogens with one attached hydrogen (secondary N) is 1. The van der Waals surface area contributed by atoms with E-state index in [2.05, 4.69) is 20.3 Å². The van der Waals surface area contributed by atoms with E-state index in [1.165, 1.54) is 6.20 Å². The molecule has 3 aromatic rings. The zero-order valence-electron chi connectivity index (χ0n) is 19.0. The van der Waals surface area contributed by atoms with E-state index in [0.29, 0.717) is 40.6 Å². The Labute approximate surface area is 193 Å². The molecule has 0 aliphatic carbocycles. The quantitative estimate of drug-likeness (QED) is 0.635. The molecule has 1 saturated heterocycles. The minimum atomic E-state index is -0.314. The smallest absolute Gasteiger partial charge is 0.259 e. The van der Waals surface area contributed by atoms with Gasteiger partial charge in [-0.1, -0.05) is 12.1 Å². The summed E-state index contributed by atoms with van der Waals surface area (Å²) in [5.41, 5.74) is 2.92. The number of pyridine rings is 1. The van der Waals surface area contributed by atoms with E-state index in [4.69, 9.17) is 4.74 Å². The summed E-state index contributed by atoms with van der Waals surface area (Å²) < 4.78 is 5.30. The summed E-state index contributed by atoms with van der Waals surface area (Å²) >= 11 is 0. The van der Waals surface area contributed by atoms with E-state index in [1.807, 2.05) is 30.0 Å². The highest BCUT2D eigenvalue weighted by atomic mass is 16.5. The Hall–Kier alpha value is -3.81. The summed E-state index contributed by atoms with van der Waals surface area (Å²) in [6.45, 7) is 4.30.